The van der Waals surface area contributed by atoms with Crippen LogP contribution in [-0.2, 0) is 9.53 Å². The lowest BCUT2D eigenvalue weighted by Crippen LogP contribution is -2.46. The van der Waals surface area contributed by atoms with Crippen molar-refractivity contribution in [3.8, 4) is 0 Å². The number of amides is 1. The zero-order valence-corrected chi connectivity index (χ0v) is 10.8. The van der Waals surface area contributed by atoms with Crippen molar-refractivity contribution >= 4 is 11.7 Å². The molecule has 0 bridgehead atoms. The first kappa shape index (κ1) is 15.7. The van der Waals surface area contributed by atoms with E-state index in [1.165, 1.54) is 0 Å². The number of amidine groups is 1. The Morgan fingerprint density at radius 2 is 2.12 bits per heavy atom. The Morgan fingerprint density at radius 3 is 2.65 bits per heavy atom. The topological polar surface area (TPSA) is 96.9 Å². The fourth-order valence-electron chi connectivity index (χ4n) is 1.08. The minimum Gasteiger partial charge on any atom is -0.409 e. The second-order valence-corrected chi connectivity index (χ2v) is 4.33. The number of nitrogens with one attached hydrogen (secondary N) is 1. The monoisotopic (exact) mass is 245 g/mol. The third-order valence-electron chi connectivity index (χ3n) is 2.42. The van der Waals surface area contributed by atoms with Gasteiger partial charge in [-0.15, -0.1) is 0 Å². The highest BCUT2D eigenvalue weighted by Gasteiger charge is 2.32. The predicted octanol–water partition coefficient (Wildman–Crippen LogP) is 0.692. The zero-order chi connectivity index (χ0) is 13.3. The summed E-state index contributed by atoms with van der Waals surface area (Å²) in [6, 6.07) is 0. The van der Waals surface area contributed by atoms with Gasteiger partial charge in [0.25, 0.3) is 0 Å². The summed E-state index contributed by atoms with van der Waals surface area (Å²) in [6.45, 7) is 7.13. The molecular formula is C11H23N3O3. The Labute approximate surface area is 102 Å². The average molecular weight is 245 g/mol. The number of carbonyl (C=O) groups excluding carboxylic acids is 1. The zero-order valence-electron chi connectivity index (χ0n) is 10.8. The van der Waals surface area contributed by atoms with Crippen LogP contribution in [0.5, 0.6) is 0 Å². The molecule has 6 nitrogen and oxygen atoms in total. The summed E-state index contributed by atoms with van der Waals surface area (Å²) >= 11 is 0. The first-order valence-electron chi connectivity index (χ1n) is 5.80. The van der Waals surface area contributed by atoms with Crippen LogP contribution in [0.3, 0.4) is 0 Å². The second-order valence-electron chi connectivity index (χ2n) is 4.33. The first-order chi connectivity index (χ1) is 7.96. The Bertz CT molecular complexity index is 265. The number of hydrogen-bond acceptors (Lipinski definition) is 4. The van der Waals surface area contributed by atoms with E-state index in [2.05, 4.69) is 10.5 Å². The van der Waals surface area contributed by atoms with Crippen molar-refractivity contribution in [1.29, 1.82) is 0 Å². The molecule has 0 atom stereocenters. The molecule has 0 fully saturated rings. The maximum Gasteiger partial charge on any atom is 0.233 e. The Morgan fingerprint density at radius 1 is 1.47 bits per heavy atom. The summed E-state index contributed by atoms with van der Waals surface area (Å²) in [5, 5.41) is 14.1. The van der Waals surface area contributed by atoms with Gasteiger partial charge in [0.15, 0.2) is 5.84 Å². The van der Waals surface area contributed by atoms with Gasteiger partial charge in [0.1, 0.15) is 5.41 Å². The third-order valence-corrected chi connectivity index (χ3v) is 2.42. The molecule has 100 valence electrons. The highest BCUT2D eigenvalue weighted by Crippen LogP contribution is 2.14. The number of rotatable bonds is 8. The van der Waals surface area contributed by atoms with Crippen LogP contribution in [0.1, 0.15) is 33.6 Å². The van der Waals surface area contributed by atoms with Crippen LogP contribution in [0.2, 0.25) is 0 Å². The van der Waals surface area contributed by atoms with E-state index in [4.69, 9.17) is 15.7 Å². The van der Waals surface area contributed by atoms with Crippen LogP contribution in [0.25, 0.3) is 0 Å². The standard InChI is InChI=1S/C11H23N3O3/c1-4-7-17-8-5-6-13-10(15)11(2,3)9(12)14-16/h16H,4-8H2,1-3H3,(H2,12,14)(H,13,15). The molecule has 0 unspecified atom stereocenters. The van der Waals surface area contributed by atoms with Gasteiger partial charge in [-0.2, -0.15) is 0 Å². The highest BCUT2D eigenvalue weighted by atomic mass is 16.5. The molecule has 0 aliphatic heterocycles. The van der Waals surface area contributed by atoms with E-state index >= 15 is 0 Å². The molecule has 0 radical (unpaired) electrons. The molecule has 0 rings (SSSR count). The van der Waals surface area contributed by atoms with E-state index < -0.39 is 5.41 Å². The summed E-state index contributed by atoms with van der Waals surface area (Å²) in [5.74, 6) is -0.361. The van der Waals surface area contributed by atoms with Gasteiger partial charge in [-0.3, -0.25) is 4.79 Å². The fourth-order valence-corrected chi connectivity index (χ4v) is 1.08. The van der Waals surface area contributed by atoms with E-state index in [-0.39, 0.29) is 11.7 Å². The number of nitrogens with zero attached hydrogens (tertiary/aromatic N) is 1. The van der Waals surface area contributed by atoms with Gasteiger partial charge in [-0.25, -0.2) is 0 Å². The van der Waals surface area contributed by atoms with Crippen molar-refractivity contribution in [3.63, 3.8) is 0 Å². The van der Waals surface area contributed by atoms with Crippen LogP contribution < -0.4 is 11.1 Å². The van der Waals surface area contributed by atoms with Crippen LogP contribution >= 0.6 is 0 Å². The summed E-state index contributed by atoms with van der Waals surface area (Å²) in [4.78, 5) is 11.7. The lowest BCUT2D eigenvalue weighted by atomic mass is 9.91. The normalized spacial score (nSPS) is 12.5. The molecule has 0 aliphatic rings. The van der Waals surface area contributed by atoms with E-state index in [0.29, 0.717) is 13.2 Å². The maximum absolute atomic E-state index is 11.7. The summed E-state index contributed by atoms with van der Waals surface area (Å²) < 4.78 is 5.28. The molecule has 4 N–H and O–H groups in total. The molecule has 17 heavy (non-hydrogen) atoms. The van der Waals surface area contributed by atoms with Gasteiger partial charge in [0, 0.05) is 19.8 Å². The molecule has 0 saturated carbocycles. The molecule has 0 saturated heterocycles. The van der Waals surface area contributed by atoms with Gasteiger partial charge >= 0.3 is 0 Å². The van der Waals surface area contributed by atoms with E-state index in [1.807, 2.05) is 6.92 Å². The molecule has 0 aromatic carbocycles. The number of carbonyl (C=O) groups is 1. The van der Waals surface area contributed by atoms with Gasteiger partial charge in [0.2, 0.25) is 5.91 Å². The summed E-state index contributed by atoms with van der Waals surface area (Å²) in [7, 11) is 0. The van der Waals surface area contributed by atoms with Gasteiger partial charge in [-0.05, 0) is 26.7 Å². The fraction of sp³-hybridized carbons (Fsp3) is 0.818. The molecule has 1 amide bonds. The van der Waals surface area contributed by atoms with Crippen molar-refractivity contribution < 1.29 is 14.7 Å². The number of nitrogens with two attached hydrogens (primary N) is 1. The quantitative estimate of drug-likeness (QED) is 0.193. The smallest absolute Gasteiger partial charge is 0.233 e. The summed E-state index contributed by atoms with van der Waals surface area (Å²) in [5.41, 5.74) is 4.44. The first-order valence-corrected chi connectivity index (χ1v) is 5.80. The minimum atomic E-state index is -1.00. The number of ether oxygens (including phenoxy) is 1. The molecular weight excluding hydrogens is 222 g/mol. The van der Waals surface area contributed by atoms with Crippen LogP contribution in [-0.4, -0.2) is 36.7 Å². The van der Waals surface area contributed by atoms with E-state index in [0.717, 1.165) is 19.4 Å². The van der Waals surface area contributed by atoms with Crippen LogP contribution in [0.4, 0.5) is 0 Å². The number of hydrogen-bond donors (Lipinski definition) is 3. The van der Waals surface area contributed by atoms with E-state index in [1.54, 1.807) is 13.8 Å². The van der Waals surface area contributed by atoms with Crippen molar-refractivity contribution in [2.45, 2.75) is 33.6 Å². The largest absolute Gasteiger partial charge is 0.409 e. The van der Waals surface area contributed by atoms with Gasteiger partial charge < -0.3 is 21.0 Å². The Hall–Kier alpha value is -1.30. The summed E-state index contributed by atoms with van der Waals surface area (Å²) in [6.07, 6.45) is 1.74. The maximum atomic E-state index is 11.7. The molecule has 0 aromatic heterocycles. The SMILES string of the molecule is CCCOCCCNC(=O)C(C)(C)C(N)=NO. The minimum absolute atomic E-state index is 0.0998. The second kappa shape index (κ2) is 7.89. The highest BCUT2D eigenvalue weighted by molar-refractivity contribution is 6.05. The molecule has 0 aromatic rings. The molecule has 6 heteroatoms. The van der Waals surface area contributed by atoms with Gasteiger partial charge in [0.05, 0.1) is 0 Å². The van der Waals surface area contributed by atoms with Crippen LogP contribution in [0, 0.1) is 5.41 Å². The lowest BCUT2D eigenvalue weighted by molar-refractivity contribution is -0.126. The van der Waals surface area contributed by atoms with Crippen molar-refractivity contribution in [1.82, 2.24) is 5.32 Å². The Kier molecular flexibility index (Phi) is 7.29. The van der Waals surface area contributed by atoms with Crippen LogP contribution in [0.15, 0.2) is 5.16 Å². The Balaban J connectivity index is 3.86. The van der Waals surface area contributed by atoms with Crippen molar-refractivity contribution in [2.24, 2.45) is 16.3 Å². The molecule has 0 aliphatic carbocycles. The third kappa shape index (κ3) is 5.53. The molecule has 0 spiro atoms. The van der Waals surface area contributed by atoms with Crippen molar-refractivity contribution in [3.05, 3.63) is 0 Å². The lowest BCUT2D eigenvalue weighted by Gasteiger charge is -2.21. The average Bonchev–Trinajstić information content (AvgIpc) is 2.31. The van der Waals surface area contributed by atoms with Crippen molar-refractivity contribution in [2.75, 3.05) is 19.8 Å². The van der Waals surface area contributed by atoms with E-state index in [9.17, 15) is 4.79 Å². The van der Waals surface area contributed by atoms with Gasteiger partial charge in [-0.1, -0.05) is 12.1 Å². The predicted molar refractivity (Wildman–Crippen MR) is 65.9 cm³/mol. The number of oxime groups is 1. The molecule has 0 heterocycles.